The zero-order chi connectivity index (χ0) is 13.8. The van der Waals surface area contributed by atoms with E-state index in [1.165, 1.54) is 7.11 Å². The Hall–Kier alpha value is -2.37. The Bertz CT molecular complexity index is 567. The van der Waals surface area contributed by atoms with E-state index in [1.807, 2.05) is 0 Å². The number of hydrogen-bond donors (Lipinski definition) is 2. The molecular weight excluding hydrogens is 252 g/mol. The smallest absolute Gasteiger partial charge is 0.213 e. The molecule has 0 bridgehead atoms. The van der Waals surface area contributed by atoms with Gasteiger partial charge in [-0.2, -0.15) is 0 Å². The predicted octanol–water partition coefficient (Wildman–Crippen LogP) is 2.56. The van der Waals surface area contributed by atoms with Crippen molar-refractivity contribution < 1.29 is 13.5 Å². The molecule has 0 aliphatic heterocycles. The molecular formula is C13H13F2N3O. The van der Waals surface area contributed by atoms with Crippen LogP contribution in [-0.4, -0.2) is 12.1 Å². The summed E-state index contributed by atoms with van der Waals surface area (Å²) in [5.74, 6) is -1.01. The normalized spacial score (nSPS) is 10.3. The molecule has 100 valence electrons. The highest BCUT2D eigenvalue weighted by atomic mass is 19.1. The number of nitrogens with two attached hydrogens (primary N) is 1. The third kappa shape index (κ3) is 3.09. The zero-order valence-corrected chi connectivity index (χ0v) is 10.3. The minimum Gasteiger partial charge on any atom is -0.481 e. The van der Waals surface area contributed by atoms with E-state index in [0.29, 0.717) is 5.88 Å². The van der Waals surface area contributed by atoms with Crippen molar-refractivity contribution >= 4 is 11.4 Å². The number of anilines is 2. The predicted molar refractivity (Wildman–Crippen MR) is 68.9 cm³/mol. The van der Waals surface area contributed by atoms with Crippen LogP contribution in [-0.2, 0) is 6.54 Å². The van der Waals surface area contributed by atoms with Crippen LogP contribution in [0.5, 0.6) is 5.88 Å². The molecule has 0 saturated carbocycles. The number of ether oxygens (including phenoxy) is 1. The molecule has 1 heterocycles. The van der Waals surface area contributed by atoms with E-state index in [4.69, 9.17) is 10.5 Å². The van der Waals surface area contributed by atoms with Crippen molar-refractivity contribution in [3.8, 4) is 5.88 Å². The quantitative estimate of drug-likeness (QED) is 0.834. The lowest BCUT2D eigenvalue weighted by atomic mass is 10.2. The van der Waals surface area contributed by atoms with Gasteiger partial charge in [-0.3, -0.25) is 0 Å². The molecule has 4 nitrogen and oxygen atoms in total. The van der Waals surface area contributed by atoms with E-state index in [2.05, 4.69) is 10.3 Å². The summed E-state index contributed by atoms with van der Waals surface area (Å²) in [7, 11) is 1.50. The zero-order valence-electron chi connectivity index (χ0n) is 10.3. The molecule has 0 aliphatic carbocycles. The molecule has 0 saturated heterocycles. The van der Waals surface area contributed by atoms with Crippen LogP contribution >= 0.6 is 0 Å². The Kier molecular flexibility index (Phi) is 3.79. The summed E-state index contributed by atoms with van der Waals surface area (Å²) in [5, 5.41) is 2.69. The lowest BCUT2D eigenvalue weighted by Gasteiger charge is -2.10. The average Bonchev–Trinajstić information content (AvgIpc) is 2.37. The molecule has 3 N–H and O–H groups in total. The summed E-state index contributed by atoms with van der Waals surface area (Å²) in [4.78, 5) is 3.94. The first-order chi connectivity index (χ1) is 9.10. The van der Waals surface area contributed by atoms with Gasteiger partial charge in [0, 0.05) is 24.5 Å². The van der Waals surface area contributed by atoms with E-state index < -0.39 is 11.6 Å². The first-order valence-corrected chi connectivity index (χ1v) is 5.57. The highest BCUT2D eigenvalue weighted by molar-refractivity contribution is 5.54. The fraction of sp³-hybridized carbons (Fsp3) is 0.154. The maximum atomic E-state index is 13.5. The molecule has 0 amide bonds. The van der Waals surface area contributed by atoms with Crippen LogP contribution in [0.2, 0.25) is 0 Å². The molecule has 2 aromatic rings. The van der Waals surface area contributed by atoms with Gasteiger partial charge >= 0.3 is 0 Å². The van der Waals surface area contributed by atoms with Gasteiger partial charge in [-0.1, -0.05) is 0 Å². The van der Waals surface area contributed by atoms with Crippen molar-refractivity contribution in [2.24, 2.45) is 0 Å². The van der Waals surface area contributed by atoms with Crippen LogP contribution in [0.25, 0.3) is 0 Å². The number of hydrogen-bond acceptors (Lipinski definition) is 4. The second kappa shape index (κ2) is 5.51. The lowest BCUT2D eigenvalue weighted by molar-refractivity contribution is 0.397. The molecule has 0 atom stereocenters. The Morgan fingerprint density at radius 2 is 1.95 bits per heavy atom. The minimum absolute atomic E-state index is 0.0473. The third-order valence-electron chi connectivity index (χ3n) is 2.54. The van der Waals surface area contributed by atoms with Gasteiger partial charge in [-0.25, -0.2) is 13.8 Å². The molecule has 0 unspecified atom stereocenters. The molecule has 2 rings (SSSR count). The fourth-order valence-electron chi connectivity index (χ4n) is 1.62. The summed E-state index contributed by atoms with van der Waals surface area (Å²) in [5.41, 5.74) is 5.98. The van der Waals surface area contributed by atoms with Crippen molar-refractivity contribution in [2.45, 2.75) is 6.54 Å². The van der Waals surface area contributed by atoms with E-state index in [0.717, 1.165) is 17.7 Å². The van der Waals surface area contributed by atoms with Crippen LogP contribution in [0.1, 0.15) is 5.56 Å². The molecule has 0 radical (unpaired) electrons. The number of halogens is 2. The number of methoxy groups -OCH3 is 1. The number of benzene rings is 1. The number of rotatable bonds is 4. The Morgan fingerprint density at radius 1 is 1.26 bits per heavy atom. The molecule has 1 aromatic carbocycles. The summed E-state index contributed by atoms with van der Waals surface area (Å²) >= 11 is 0. The van der Waals surface area contributed by atoms with Gasteiger partial charge in [-0.05, 0) is 23.8 Å². The minimum atomic E-state index is -0.724. The van der Waals surface area contributed by atoms with Crippen LogP contribution in [0.4, 0.5) is 20.2 Å². The topological polar surface area (TPSA) is 60.2 Å². The fourth-order valence-corrected chi connectivity index (χ4v) is 1.62. The second-order valence-corrected chi connectivity index (χ2v) is 3.92. The number of pyridine rings is 1. The van der Waals surface area contributed by atoms with Crippen molar-refractivity contribution in [1.29, 1.82) is 0 Å². The first-order valence-electron chi connectivity index (χ1n) is 5.57. The number of nitrogens with one attached hydrogen (secondary N) is 1. The van der Waals surface area contributed by atoms with Gasteiger partial charge < -0.3 is 15.8 Å². The molecule has 6 heteroatoms. The van der Waals surface area contributed by atoms with Crippen LogP contribution in [0.3, 0.4) is 0 Å². The third-order valence-corrected chi connectivity index (χ3v) is 2.54. The van der Waals surface area contributed by atoms with Crippen molar-refractivity contribution in [3.63, 3.8) is 0 Å². The molecule has 0 fully saturated rings. The van der Waals surface area contributed by atoms with Crippen LogP contribution in [0.15, 0.2) is 30.5 Å². The molecule has 0 aliphatic rings. The molecule has 1 aromatic heterocycles. The number of nitrogen functional groups attached to an aromatic ring is 1. The van der Waals surface area contributed by atoms with Crippen molar-refractivity contribution in [3.05, 3.63) is 47.7 Å². The largest absolute Gasteiger partial charge is 0.481 e. The maximum absolute atomic E-state index is 13.5. The van der Waals surface area contributed by atoms with E-state index in [9.17, 15) is 8.78 Å². The van der Waals surface area contributed by atoms with Gasteiger partial charge in [-0.15, -0.1) is 0 Å². The van der Waals surface area contributed by atoms with Gasteiger partial charge in [0.05, 0.1) is 7.11 Å². The summed E-state index contributed by atoms with van der Waals surface area (Å²) in [6, 6.07) is 5.54. The Morgan fingerprint density at radius 3 is 2.58 bits per heavy atom. The monoisotopic (exact) mass is 265 g/mol. The number of aromatic nitrogens is 1. The molecule has 0 spiro atoms. The SMILES string of the molecule is COc1cc(CNc2c(F)cc(N)cc2F)ccn1. The Labute approximate surface area is 109 Å². The summed E-state index contributed by atoms with van der Waals surface area (Å²) in [6.45, 7) is 0.247. The van der Waals surface area contributed by atoms with Crippen LogP contribution < -0.4 is 15.8 Å². The van der Waals surface area contributed by atoms with Crippen molar-refractivity contribution in [2.75, 3.05) is 18.2 Å². The summed E-state index contributed by atoms with van der Waals surface area (Å²) < 4.78 is 32.0. The van der Waals surface area contributed by atoms with Gasteiger partial charge in [0.1, 0.15) is 5.69 Å². The van der Waals surface area contributed by atoms with Gasteiger partial charge in [0.15, 0.2) is 11.6 Å². The number of nitrogens with zero attached hydrogens (tertiary/aromatic N) is 1. The first kappa shape index (κ1) is 13.1. The average molecular weight is 265 g/mol. The highest BCUT2D eigenvalue weighted by Crippen LogP contribution is 2.22. The maximum Gasteiger partial charge on any atom is 0.213 e. The van der Waals surface area contributed by atoms with E-state index in [1.54, 1.807) is 18.3 Å². The van der Waals surface area contributed by atoms with Gasteiger partial charge in [0.2, 0.25) is 5.88 Å². The Balaban J connectivity index is 2.14. The highest BCUT2D eigenvalue weighted by Gasteiger charge is 2.10. The lowest BCUT2D eigenvalue weighted by Crippen LogP contribution is -2.05. The molecule has 19 heavy (non-hydrogen) atoms. The standard InChI is InChI=1S/C13H13F2N3O/c1-19-12-4-8(2-3-17-12)7-18-13-10(14)5-9(16)6-11(13)15/h2-6,18H,7,16H2,1H3. The van der Waals surface area contributed by atoms with E-state index in [-0.39, 0.29) is 17.9 Å². The summed E-state index contributed by atoms with van der Waals surface area (Å²) in [6.07, 6.45) is 1.56. The van der Waals surface area contributed by atoms with Gasteiger partial charge in [0.25, 0.3) is 0 Å². The van der Waals surface area contributed by atoms with Crippen LogP contribution in [0, 0.1) is 11.6 Å². The van der Waals surface area contributed by atoms with Crippen molar-refractivity contribution in [1.82, 2.24) is 4.98 Å². The second-order valence-electron chi connectivity index (χ2n) is 3.92. The van der Waals surface area contributed by atoms with E-state index >= 15 is 0 Å².